The van der Waals surface area contributed by atoms with Gasteiger partial charge in [0, 0.05) is 5.54 Å². The molecule has 4 heteroatoms. The lowest BCUT2D eigenvalue weighted by atomic mass is 9.53. The summed E-state index contributed by atoms with van der Waals surface area (Å²) in [6.45, 7) is 2.24. The summed E-state index contributed by atoms with van der Waals surface area (Å²) in [5.41, 5.74) is 5.81. The molecular weight excluding hydrogens is 374 g/mol. The van der Waals surface area contributed by atoms with Crippen molar-refractivity contribution in [2.45, 2.75) is 76.7 Å². The van der Waals surface area contributed by atoms with Crippen LogP contribution in [0.15, 0.2) is 41.0 Å². The van der Waals surface area contributed by atoms with E-state index in [1.165, 1.54) is 68.9 Å². The quantitative estimate of drug-likeness (QED) is 0.237. The fourth-order valence-electron chi connectivity index (χ4n) is 6.22. The largest absolute Gasteiger partial charge is 0.356 e. The highest BCUT2D eigenvalue weighted by atomic mass is 32.1. The predicted octanol–water partition coefficient (Wildman–Crippen LogP) is 6.07. The number of hydrogen-bond acceptors (Lipinski definition) is 2. The highest BCUT2D eigenvalue weighted by Crippen LogP contribution is 2.55. The van der Waals surface area contributed by atoms with E-state index < -0.39 is 0 Å². The lowest BCUT2D eigenvalue weighted by Gasteiger charge is -2.57. The van der Waals surface area contributed by atoms with Crippen LogP contribution in [0.5, 0.6) is 0 Å². The van der Waals surface area contributed by atoms with Crippen LogP contribution >= 0.6 is 12.2 Å². The second-order valence-corrected chi connectivity index (χ2v) is 10.0. The van der Waals surface area contributed by atoms with Crippen molar-refractivity contribution in [3.05, 3.63) is 41.5 Å². The number of thiocarbonyl (C=S) groups is 1. The fourth-order valence-corrected chi connectivity index (χ4v) is 6.49. The molecule has 1 aromatic rings. The normalized spacial score (nSPS) is 30.7. The van der Waals surface area contributed by atoms with Crippen LogP contribution in [-0.2, 0) is 0 Å². The van der Waals surface area contributed by atoms with Crippen molar-refractivity contribution >= 4 is 29.6 Å². The molecule has 1 aromatic carbocycles. The van der Waals surface area contributed by atoms with Crippen molar-refractivity contribution in [3.8, 4) is 0 Å². The van der Waals surface area contributed by atoms with Crippen molar-refractivity contribution in [2.24, 2.45) is 22.9 Å². The molecule has 0 aliphatic heterocycles. The maximum absolute atomic E-state index is 5.62. The lowest BCUT2D eigenvalue weighted by molar-refractivity contribution is -0.0101. The topological polar surface area (TPSA) is 36.4 Å². The number of allylic oxidation sites excluding steroid dienone is 1. The molecule has 2 N–H and O–H groups in total. The van der Waals surface area contributed by atoms with Gasteiger partial charge in [0.25, 0.3) is 0 Å². The second kappa shape index (κ2) is 9.42. The van der Waals surface area contributed by atoms with Crippen molar-refractivity contribution in [2.75, 3.05) is 0 Å². The summed E-state index contributed by atoms with van der Waals surface area (Å²) in [5, 5.41) is 8.88. The zero-order valence-electron chi connectivity index (χ0n) is 17.7. The van der Waals surface area contributed by atoms with E-state index >= 15 is 0 Å². The Balaban J connectivity index is 1.34. The van der Waals surface area contributed by atoms with E-state index in [0.717, 1.165) is 24.2 Å². The maximum atomic E-state index is 5.62. The first-order chi connectivity index (χ1) is 14.1. The molecule has 0 amide bonds. The molecule has 0 aromatic heterocycles. The monoisotopic (exact) mass is 409 g/mol. The van der Waals surface area contributed by atoms with Gasteiger partial charge in [-0.05, 0) is 92.5 Å². The van der Waals surface area contributed by atoms with Gasteiger partial charge >= 0.3 is 0 Å². The molecule has 0 spiro atoms. The van der Waals surface area contributed by atoms with Crippen molar-refractivity contribution in [1.82, 2.24) is 10.7 Å². The molecule has 29 heavy (non-hydrogen) atoms. The first-order valence-corrected chi connectivity index (χ1v) is 11.9. The zero-order chi connectivity index (χ0) is 20.1. The highest BCUT2D eigenvalue weighted by molar-refractivity contribution is 7.80. The molecule has 4 fully saturated rings. The molecular formula is C25H35N3S. The molecule has 5 rings (SSSR count). The second-order valence-electron chi connectivity index (χ2n) is 9.61. The number of hydrogen-bond donors (Lipinski definition) is 2. The molecule has 3 nitrogen and oxygen atoms in total. The number of benzene rings is 1. The Morgan fingerprint density at radius 2 is 1.72 bits per heavy atom. The number of unbranched alkanes of at least 4 members (excludes halogenated alkanes) is 2. The van der Waals surface area contributed by atoms with Crippen LogP contribution in [0.1, 0.15) is 76.7 Å². The summed E-state index contributed by atoms with van der Waals surface area (Å²) in [6.07, 6.45) is 17.1. The van der Waals surface area contributed by atoms with Crippen LogP contribution in [0.4, 0.5) is 0 Å². The number of rotatable bonds is 8. The van der Waals surface area contributed by atoms with E-state index in [2.05, 4.69) is 59.2 Å². The Labute approximate surface area is 181 Å². The molecule has 4 saturated carbocycles. The molecule has 0 saturated heterocycles. The molecule has 4 bridgehead atoms. The predicted molar refractivity (Wildman–Crippen MR) is 127 cm³/mol. The summed E-state index contributed by atoms with van der Waals surface area (Å²) in [6, 6.07) is 10.5. The van der Waals surface area contributed by atoms with E-state index in [1.807, 2.05) is 6.21 Å². The van der Waals surface area contributed by atoms with E-state index in [0.29, 0.717) is 5.11 Å². The Morgan fingerprint density at radius 3 is 2.34 bits per heavy atom. The Kier molecular flexibility index (Phi) is 6.69. The van der Waals surface area contributed by atoms with Crippen LogP contribution in [0.2, 0.25) is 0 Å². The zero-order valence-corrected chi connectivity index (χ0v) is 18.5. The van der Waals surface area contributed by atoms with Crippen LogP contribution in [0.25, 0.3) is 6.08 Å². The van der Waals surface area contributed by atoms with Gasteiger partial charge in [-0.2, -0.15) is 5.10 Å². The van der Waals surface area contributed by atoms with Gasteiger partial charge in [-0.25, -0.2) is 0 Å². The van der Waals surface area contributed by atoms with E-state index in [9.17, 15) is 0 Å². The smallest absolute Gasteiger partial charge is 0.187 e. The number of nitrogens with one attached hydrogen (secondary N) is 2. The standard InChI is InChI=1S/C25H35N3S/c1-2-3-5-10-20(11-19-8-6-4-7-9-19)18-26-28-24(29)27-25-15-21-12-22(16-25)14-23(13-21)17-25/h4,6-9,11,18,21-23H,2-3,5,10,12-17H2,1H3,(H2,27,28,29)/b20-11+,26-18-. The van der Waals surface area contributed by atoms with Crippen molar-refractivity contribution in [1.29, 1.82) is 0 Å². The van der Waals surface area contributed by atoms with Gasteiger partial charge in [-0.15, -0.1) is 0 Å². The lowest BCUT2D eigenvalue weighted by Crippen LogP contribution is -2.61. The van der Waals surface area contributed by atoms with Crippen LogP contribution < -0.4 is 10.7 Å². The van der Waals surface area contributed by atoms with E-state index in [4.69, 9.17) is 12.2 Å². The number of hydrazone groups is 1. The molecule has 0 radical (unpaired) electrons. The van der Waals surface area contributed by atoms with E-state index in [1.54, 1.807) is 0 Å². The number of nitrogens with zero attached hydrogens (tertiary/aromatic N) is 1. The summed E-state index contributed by atoms with van der Waals surface area (Å²) < 4.78 is 0. The third kappa shape index (κ3) is 5.48. The summed E-state index contributed by atoms with van der Waals surface area (Å²) in [5.74, 6) is 2.75. The molecule has 4 aliphatic carbocycles. The Bertz CT molecular complexity index is 717. The first-order valence-electron chi connectivity index (χ1n) is 11.5. The van der Waals surface area contributed by atoms with Crippen molar-refractivity contribution < 1.29 is 0 Å². The van der Waals surface area contributed by atoms with Gasteiger partial charge in [-0.3, -0.25) is 5.43 Å². The summed E-state index contributed by atoms with van der Waals surface area (Å²) in [4.78, 5) is 0. The minimum atomic E-state index is 0.234. The molecule has 0 unspecified atom stereocenters. The maximum Gasteiger partial charge on any atom is 0.187 e. The third-order valence-corrected chi connectivity index (χ3v) is 7.23. The average Bonchev–Trinajstić information content (AvgIpc) is 2.67. The molecule has 0 atom stereocenters. The Hall–Kier alpha value is -1.68. The van der Waals surface area contributed by atoms with E-state index in [-0.39, 0.29) is 5.54 Å². The minimum absolute atomic E-state index is 0.234. The van der Waals surface area contributed by atoms with Crippen LogP contribution in [-0.4, -0.2) is 16.9 Å². The summed E-state index contributed by atoms with van der Waals surface area (Å²) in [7, 11) is 0. The average molecular weight is 410 g/mol. The van der Waals surface area contributed by atoms with Gasteiger partial charge in [0.1, 0.15) is 0 Å². The van der Waals surface area contributed by atoms with Crippen molar-refractivity contribution in [3.63, 3.8) is 0 Å². The highest BCUT2D eigenvalue weighted by Gasteiger charge is 2.51. The molecule has 4 aliphatic rings. The third-order valence-electron chi connectivity index (χ3n) is 7.03. The summed E-state index contributed by atoms with van der Waals surface area (Å²) >= 11 is 5.62. The first kappa shape index (κ1) is 20.6. The minimum Gasteiger partial charge on any atom is -0.356 e. The fraction of sp³-hybridized carbons (Fsp3) is 0.600. The Morgan fingerprint density at radius 1 is 1.07 bits per heavy atom. The van der Waals surface area contributed by atoms with Gasteiger partial charge in [0.2, 0.25) is 0 Å². The van der Waals surface area contributed by atoms with Gasteiger partial charge in [0.15, 0.2) is 5.11 Å². The SMILES string of the molecule is CCCCCC(/C=N\NC(=S)NC12CC3CC(CC(C3)C1)C2)=C\c1ccccc1. The van der Waals surface area contributed by atoms with Gasteiger partial charge in [-0.1, -0.05) is 56.2 Å². The van der Waals surface area contributed by atoms with Crippen LogP contribution in [0, 0.1) is 17.8 Å². The molecule has 156 valence electrons. The van der Waals surface area contributed by atoms with Gasteiger partial charge in [0.05, 0.1) is 6.21 Å². The van der Waals surface area contributed by atoms with Gasteiger partial charge < -0.3 is 5.32 Å². The van der Waals surface area contributed by atoms with Crippen LogP contribution in [0.3, 0.4) is 0 Å². The molecule has 0 heterocycles.